The lowest BCUT2D eigenvalue weighted by Crippen LogP contribution is -1.87. The molecule has 0 fully saturated rings. The van der Waals surface area contributed by atoms with E-state index in [1.165, 1.54) is 24.8 Å². The molecule has 1 heterocycles. The molecule has 0 aliphatic heterocycles. The molecule has 0 bridgehead atoms. The van der Waals surface area contributed by atoms with Gasteiger partial charge in [0.2, 0.25) is 0 Å². The van der Waals surface area contributed by atoms with Crippen LogP contribution in [0.25, 0.3) is 0 Å². The number of hydrogen-bond acceptors (Lipinski definition) is 2. The zero-order valence-electron chi connectivity index (χ0n) is 8.52. The van der Waals surface area contributed by atoms with Crippen molar-refractivity contribution >= 4 is 11.3 Å². The van der Waals surface area contributed by atoms with Gasteiger partial charge >= 0.3 is 0 Å². The summed E-state index contributed by atoms with van der Waals surface area (Å²) in [6.07, 6.45) is 3.80. The molecule has 0 unspecified atom stereocenters. The Balaban J connectivity index is 2.48. The van der Waals surface area contributed by atoms with Crippen LogP contribution >= 0.6 is 11.3 Å². The van der Waals surface area contributed by atoms with Gasteiger partial charge in [0.25, 0.3) is 0 Å². The fourth-order valence-corrected chi connectivity index (χ4v) is 3.31. The van der Waals surface area contributed by atoms with Gasteiger partial charge in [0.05, 0.1) is 7.11 Å². The van der Waals surface area contributed by atoms with E-state index >= 15 is 0 Å². The third-order valence-corrected chi connectivity index (χ3v) is 4.21. The summed E-state index contributed by atoms with van der Waals surface area (Å²) in [5, 5.41) is 1.16. The number of methoxy groups -OCH3 is 1. The Labute approximate surface area is 83.7 Å². The summed E-state index contributed by atoms with van der Waals surface area (Å²) in [5.74, 6) is 0.653. The van der Waals surface area contributed by atoms with Crippen LogP contribution in [0.2, 0.25) is 0 Å². The van der Waals surface area contributed by atoms with Crippen molar-refractivity contribution in [3.63, 3.8) is 0 Å². The highest BCUT2D eigenvalue weighted by Crippen LogP contribution is 2.43. The van der Waals surface area contributed by atoms with E-state index in [4.69, 9.17) is 4.74 Å². The molecular formula is C11H16OS. The lowest BCUT2D eigenvalue weighted by atomic mass is 10.1. The molecule has 1 nitrogen and oxygen atoms in total. The zero-order chi connectivity index (χ0) is 9.42. The molecule has 0 radical (unpaired) electrons. The molecule has 1 aromatic rings. The Morgan fingerprint density at radius 1 is 1.23 bits per heavy atom. The minimum Gasteiger partial charge on any atom is -0.487 e. The Kier molecular flexibility index (Phi) is 2.33. The van der Waals surface area contributed by atoms with Crippen molar-refractivity contribution in [2.75, 3.05) is 7.11 Å². The number of rotatable bonds is 2. The van der Waals surface area contributed by atoms with Crippen molar-refractivity contribution < 1.29 is 4.74 Å². The van der Waals surface area contributed by atoms with Gasteiger partial charge in [-0.15, -0.1) is 11.3 Å². The molecule has 1 aliphatic rings. The Bertz CT molecular complexity index is 312. The summed E-state index contributed by atoms with van der Waals surface area (Å²) >= 11 is 1.85. The van der Waals surface area contributed by atoms with E-state index in [-0.39, 0.29) is 0 Å². The fourth-order valence-electron chi connectivity index (χ4n) is 2.10. The molecule has 1 aromatic heterocycles. The molecule has 0 amide bonds. The number of hydrogen-bond donors (Lipinski definition) is 0. The summed E-state index contributed by atoms with van der Waals surface area (Å²) in [5.41, 5.74) is 3.09. The standard InChI is InChI=1S/C11H16OS/c1-7(2)10-8-5-4-6-9(8)11(12-3)13-10/h7H,4-6H2,1-3H3. The molecule has 0 aromatic carbocycles. The van der Waals surface area contributed by atoms with Crippen LogP contribution < -0.4 is 4.74 Å². The highest BCUT2D eigenvalue weighted by molar-refractivity contribution is 7.14. The van der Waals surface area contributed by atoms with Crippen LogP contribution in [0.4, 0.5) is 0 Å². The highest BCUT2D eigenvalue weighted by Gasteiger charge is 2.23. The first kappa shape index (κ1) is 9.07. The first-order valence-electron chi connectivity index (χ1n) is 4.92. The van der Waals surface area contributed by atoms with Crippen LogP contribution in [0.15, 0.2) is 0 Å². The molecule has 0 saturated carbocycles. The van der Waals surface area contributed by atoms with Crippen molar-refractivity contribution in [3.05, 3.63) is 16.0 Å². The lowest BCUT2D eigenvalue weighted by Gasteiger charge is -2.02. The molecule has 1 aliphatic carbocycles. The molecular weight excluding hydrogens is 180 g/mol. The highest BCUT2D eigenvalue weighted by atomic mass is 32.1. The van der Waals surface area contributed by atoms with Crippen LogP contribution in [0.1, 0.15) is 42.2 Å². The Hall–Kier alpha value is -0.500. The molecule has 72 valence electrons. The second kappa shape index (κ2) is 3.33. The first-order chi connectivity index (χ1) is 6.24. The first-order valence-corrected chi connectivity index (χ1v) is 5.74. The van der Waals surface area contributed by atoms with Crippen molar-refractivity contribution in [2.24, 2.45) is 0 Å². The Morgan fingerprint density at radius 2 is 1.92 bits per heavy atom. The van der Waals surface area contributed by atoms with Crippen LogP contribution in [0.3, 0.4) is 0 Å². The summed E-state index contributed by atoms with van der Waals surface area (Å²) in [4.78, 5) is 1.55. The van der Waals surface area contributed by atoms with Crippen LogP contribution in [0.5, 0.6) is 5.06 Å². The second-order valence-corrected chi connectivity index (χ2v) is 4.94. The normalized spacial score (nSPS) is 15.1. The topological polar surface area (TPSA) is 9.23 Å². The van der Waals surface area contributed by atoms with Gasteiger partial charge in [-0.05, 0) is 30.7 Å². The van der Waals surface area contributed by atoms with Gasteiger partial charge in [-0.1, -0.05) is 13.8 Å². The van der Waals surface area contributed by atoms with E-state index in [0.717, 1.165) is 5.06 Å². The maximum atomic E-state index is 5.41. The predicted octanol–water partition coefficient (Wildman–Crippen LogP) is 3.37. The SMILES string of the molecule is COc1sc(C(C)C)c2c1CCC2. The zero-order valence-corrected chi connectivity index (χ0v) is 9.33. The molecule has 2 heteroatoms. The van der Waals surface area contributed by atoms with Gasteiger partial charge in [0.15, 0.2) is 5.06 Å². The summed E-state index contributed by atoms with van der Waals surface area (Å²) in [6, 6.07) is 0. The maximum Gasteiger partial charge on any atom is 0.177 e. The van der Waals surface area contributed by atoms with Crippen molar-refractivity contribution in [2.45, 2.75) is 39.0 Å². The van der Waals surface area contributed by atoms with E-state index in [9.17, 15) is 0 Å². The second-order valence-electron chi connectivity index (χ2n) is 3.92. The van der Waals surface area contributed by atoms with Crippen molar-refractivity contribution in [3.8, 4) is 5.06 Å². The fraction of sp³-hybridized carbons (Fsp3) is 0.636. The summed E-state index contributed by atoms with van der Waals surface area (Å²) in [6.45, 7) is 4.54. The van der Waals surface area contributed by atoms with E-state index in [1.807, 2.05) is 11.3 Å². The number of ether oxygens (including phenoxy) is 1. The smallest absolute Gasteiger partial charge is 0.177 e. The molecule has 0 saturated heterocycles. The van der Waals surface area contributed by atoms with Crippen molar-refractivity contribution in [1.29, 1.82) is 0 Å². The maximum absolute atomic E-state index is 5.41. The van der Waals surface area contributed by atoms with Gasteiger partial charge in [0, 0.05) is 10.4 Å². The third kappa shape index (κ3) is 1.37. The third-order valence-electron chi connectivity index (χ3n) is 2.67. The monoisotopic (exact) mass is 196 g/mol. The molecule has 0 spiro atoms. The van der Waals surface area contributed by atoms with Gasteiger partial charge in [-0.2, -0.15) is 0 Å². The van der Waals surface area contributed by atoms with Gasteiger partial charge < -0.3 is 4.74 Å². The molecule has 2 rings (SSSR count). The predicted molar refractivity (Wildman–Crippen MR) is 57.0 cm³/mol. The minimum atomic E-state index is 0.653. The average molecular weight is 196 g/mol. The average Bonchev–Trinajstić information content (AvgIpc) is 2.61. The van der Waals surface area contributed by atoms with E-state index in [1.54, 1.807) is 17.6 Å². The van der Waals surface area contributed by atoms with Crippen LogP contribution in [-0.4, -0.2) is 7.11 Å². The van der Waals surface area contributed by atoms with Crippen LogP contribution in [-0.2, 0) is 12.8 Å². The van der Waals surface area contributed by atoms with E-state index in [2.05, 4.69) is 13.8 Å². The molecule has 0 atom stereocenters. The van der Waals surface area contributed by atoms with Gasteiger partial charge in [-0.25, -0.2) is 0 Å². The summed E-state index contributed by atoms with van der Waals surface area (Å²) in [7, 11) is 1.79. The number of thiophene rings is 1. The van der Waals surface area contributed by atoms with Gasteiger partial charge in [0.1, 0.15) is 0 Å². The Morgan fingerprint density at radius 3 is 2.54 bits per heavy atom. The van der Waals surface area contributed by atoms with Crippen LogP contribution in [0, 0.1) is 0 Å². The van der Waals surface area contributed by atoms with Gasteiger partial charge in [-0.3, -0.25) is 0 Å². The number of fused-ring (bicyclic) bond motifs is 1. The molecule has 0 N–H and O–H groups in total. The van der Waals surface area contributed by atoms with E-state index in [0.29, 0.717) is 5.92 Å². The summed E-state index contributed by atoms with van der Waals surface area (Å²) < 4.78 is 5.41. The quantitative estimate of drug-likeness (QED) is 0.704. The largest absolute Gasteiger partial charge is 0.487 e. The van der Waals surface area contributed by atoms with E-state index < -0.39 is 0 Å². The van der Waals surface area contributed by atoms with Crippen molar-refractivity contribution in [1.82, 2.24) is 0 Å². The lowest BCUT2D eigenvalue weighted by molar-refractivity contribution is 0.423. The molecule has 13 heavy (non-hydrogen) atoms. The minimum absolute atomic E-state index is 0.653.